The quantitative estimate of drug-likeness (QED) is 0.449. The van der Waals surface area contributed by atoms with E-state index in [2.05, 4.69) is 6.92 Å². The third-order valence-corrected chi connectivity index (χ3v) is 2.94. The first-order chi connectivity index (χ1) is 3.88. The van der Waals surface area contributed by atoms with Crippen LogP contribution < -0.4 is 0 Å². The molecule has 0 radical (unpaired) electrons. The van der Waals surface area contributed by atoms with Gasteiger partial charge < -0.3 is 0 Å². The van der Waals surface area contributed by atoms with Gasteiger partial charge in [-0.1, -0.05) is 26.2 Å². The van der Waals surface area contributed by atoms with Crippen LogP contribution in [-0.2, 0) is 0 Å². The third kappa shape index (κ3) is 0.586. The van der Waals surface area contributed by atoms with Crippen LogP contribution in [0.5, 0.6) is 0 Å². The maximum Gasteiger partial charge on any atom is -0.0357 e. The van der Waals surface area contributed by atoms with Crippen molar-refractivity contribution in [1.29, 1.82) is 0 Å². The summed E-state index contributed by atoms with van der Waals surface area (Å²) in [5.41, 5.74) is 0. The summed E-state index contributed by atoms with van der Waals surface area (Å²) in [6.07, 6.45) is 6.15. The van der Waals surface area contributed by atoms with Crippen molar-refractivity contribution >= 4 is 0 Å². The molecule has 0 heterocycles. The Kier molecular flexibility index (Phi) is 0.902. The van der Waals surface area contributed by atoms with Gasteiger partial charge in [-0.25, -0.2) is 0 Å². The molecule has 2 fully saturated rings. The fourth-order valence-corrected chi connectivity index (χ4v) is 2.22. The lowest BCUT2D eigenvalue weighted by atomic mass is 9.91. The normalized spacial score (nSPS) is 52.9. The van der Waals surface area contributed by atoms with Crippen LogP contribution in [0, 0.1) is 17.8 Å². The lowest BCUT2D eigenvalue weighted by molar-refractivity contribution is 0.362. The van der Waals surface area contributed by atoms with E-state index >= 15 is 0 Å². The number of hydrogen-bond acceptors (Lipinski definition) is 0. The van der Waals surface area contributed by atoms with Crippen LogP contribution in [0.15, 0.2) is 0 Å². The van der Waals surface area contributed by atoms with E-state index in [0.29, 0.717) is 0 Å². The van der Waals surface area contributed by atoms with E-state index in [1.54, 1.807) is 12.8 Å². The zero-order chi connectivity index (χ0) is 5.56. The fourth-order valence-electron chi connectivity index (χ4n) is 2.22. The summed E-state index contributed by atoms with van der Waals surface area (Å²) in [6, 6.07) is 0. The summed E-state index contributed by atoms with van der Waals surface area (Å²) < 4.78 is 0. The summed E-state index contributed by atoms with van der Waals surface area (Å²) >= 11 is 0. The molecule has 0 bridgehead atoms. The molecule has 0 N–H and O–H groups in total. The van der Waals surface area contributed by atoms with Gasteiger partial charge in [0.25, 0.3) is 0 Å². The van der Waals surface area contributed by atoms with Crippen LogP contribution in [0.3, 0.4) is 0 Å². The maximum atomic E-state index is 2.42. The van der Waals surface area contributed by atoms with Crippen molar-refractivity contribution in [2.45, 2.75) is 32.6 Å². The van der Waals surface area contributed by atoms with E-state index in [9.17, 15) is 0 Å². The molecule has 0 nitrogen and oxygen atoms in total. The van der Waals surface area contributed by atoms with E-state index in [0.717, 1.165) is 5.92 Å². The van der Waals surface area contributed by atoms with Crippen molar-refractivity contribution in [2.75, 3.05) is 0 Å². The molecule has 0 spiro atoms. The molecule has 0 aromatic carbocycles. The minimum atomic E-state index is 1.08. The number of fused-ring (bicyclic) bond motifs is 1. The molecule has 0 aromatic heterocycles. The lowest BCUT2D eigenvalue weighted by Gasteiger charge is -2.15. The Bertz CT molecular complexity index is 96.2. The number of hydrogen-bond donors (Lipinski definition) is 0. The molecule has 0 amide bonds. The second kappa shape index (κ2) is 1.49. The molecule has 8 heavy (non-hydrogen) atoms. The summed E-state index contributed by atoms with van der Waals surface area (Å²) in [5.74, 6) is 3.43. The molecule has 2 rings (SSSR count). The molecule has 2 saturated carbocycles. The molecule has 0 aliphatic heterocycles. The van der Waals surface area contributed by atoms with E-state index in [4.69, 9.17) is 0 Å². The van der Waals surface area contributed by atoms with Crippen LogP contribution in [0.1, 0.15) is 32.6 Å². The average Bonchev–Trinajstić information content (AvgIpc) is 2.45. The van der Waals surface area contributed by atoms with Gasteiger partial charge in [-0.3, -0.25) is 0 Å². The lowest BCUT2D eigenvalue weighted by Crippen LogP contribution is -2.04. The van der Waals surface area contributed by atoms with E-state index < -0.39 is 0 Å². The van der Waals surface area contributed by atoms with Gasteiger partial charge in [-0.2, -0.15) is 0 Å². The average molecular weight is 110 g/mol. The highest BCUT2D eigenvalue weighted by atomic mass is 14.5. The monoisotopic (exact) mass is 110 g/mol. The Balaban J connectivity index is 1.99. The molecule has 46 valence electrons. The minimum absolute atomic E-state index is 1.08. The molecule has 2 aliphatic rings. The van der Waals surface area contributed by atoms with Crippen LogP contribution in [-0.4, -0.2) is 0 Å². The van der Waals surface area contributed by atoms with Crippen LogP contribution in [0.4, 0.5) is 0 Å². The fraction of sp³-hybridized carbons (Fsp3) is 1.00. The topological polar surface area (TPSA) is 0 Å². The van der Waals surface area contributed by atoms with Crippen LogP contribution in [0.25, 0.3) is 0 Å². The predicted octanol–water partition coefficient (Wildman–Crippen LogP) is 2.44. The molecule has 3 atom stereocenters. The van der Waals surface area contributed by atoms with Gasteiger partial charge in [0.05, 0.1) is 0 Å². The Morgan fingerprint density at radius 2 is 2.12 bits per heavy atom. The zero-order valence-corrected chi connectivity index (χ0v) is 5.56. The third-order valence-electron chi connectivity index (χ3n) is 2.94. The summed E-state index contributed by atoms with van der Waals surface area (Å²) in [4.78, 5) is 0. The van der Waals surface area contributed by atoms with Crippen LogP contribution in [0.2, 0.25) is 0 Å². The first-order valence-electron chi connectivity index (χ1n) is 3.88. The Morgan fingerprint density at radius 3 is 2.75 bits per heavy atom. The van der Waals surface area contributed by atoms with Gasteiger partial charge in [0, 0.05) is 0 Å². The predicted molar refractivity (Wildman–Crippen MR) is 34.6 cm³/mol. The summed E-state index contributed by atoms with van der Waals surface area (Å²) in [6.45, 7) is 2.42. The van der Waals surface area contributed by atoms with Crippen molar-refractivity contribution in [3.8, 4) is 0 Å². The summed E-state index contributed by atoms with van der Waals surface area (Å²) in [5, 5.41) is 0. The van der Waals surface area contributed by atoms with Gasteiger partial charge >= 0.3 is 0 Å². The molecule has 2 unspecified atom stereocenters. The smallest absolute Gasteiger partial charge is 0.0357 e. The van der Waals surface area contributed by atoms with E-state index in [-0.39, 0.29) is 0 Å². The highest BCUT2D eigenvalue weighted by Gasteiger charge is 2.42. The molecule has 0 heteroatoms. The maximum absolute atomic E-state index is 2.42. The van der Waals surface area contributed by atoms with E-state index in [1.807, 2.05) is 0 Å². The standard InChI is InChI=1S/C8H14/c1-6-3-2-4-7-5-8(6)7/h6-8H,2-5H2,1H3/t6?,7?,8-/m0/s1. The number of rotatable bonds is 0. The Morgan fingerprint density at radius 1 is 1.25 bits per heavy atom. The SMILES string of the molecule is CC1CCCC2C[C@@H]12. The molecule has 0 aromatic rings. The minimum Gasteiger partial charge on any atom is -0.0622 e. The van der Waals surface area contributed by atoms with Crippen LogP contribution >= 0.6 is 0 Å². The van der Waals surface area contributed by atoms with Gasteiger partial charge in [0.2, 0.25) is 0 Å². The largest absolute Gasteiger partial charge is 0.0622 e. The van der Waals surface area contributed by atoms with Crippen molar-refractivity contribution < 1.29 is 0 Å². The van der Waals surface area contributed by atoms with Gasteiger partial charge in [-0.05, 0) is 24.2 Å². The van der Waals surface area contributed by atoms with Gasteiger partial charge in [0.1, 0.15) is 0 Å². The molecular formula is C8H14. The molecule has 2 aliphatic carbocycles. The highest BCUT2D eigenvalue weighted by Crippen LogP contribution is 2.52. The Hall–Kier alpha value is 0. The molecular weight excluding hydrogens is 96.1 g/mol. The van der Waals surface area contributed by atoms with Gasteiger partial charge in [-0.15, -0.1) is 0 Å². The van der Waals surface area contributed by atoms with Crippen molar-refractivity contribution in [3.05, 3.63) is 0 Å². The van der Waals surface area contributed by atoms with Gasteiger partial charge in [0.15, 0.2) is 0 Å². The second-order valence-corrected chi connectivity index (χ2v) is 3.57. The Labute approximate surface area is 51.3 Å². The van der Waals surface area contributed by atoms with E-state index in [1.165, 1.54) is 24.7 Å². The summed E-state index contributed by atoms with van der Waals surface area (Å²) in [7, 11) is 0. The first kappa shape index (κ1) is 4.84. The zero-order valence-electron chi connectivity index (χ0n) is 5.56. The first-order valence-corrected chi connectivity index (χ1v) is 3.88. The van der Waals surface area contributed by atoms with Crippen molar-refractivity contribution in [2.24, 2.45) is 17.8 Å². The van der Waals surface area contributed by atoms with Crippen molar-refractivity contribution in [1.82, 2.24) is 0 Å². The second-order valence-electron chi connectivity index (χ2n) is 3.57. The highest BCUT2D eigenvalue weighted by molar-refractivity contribution is 4.92. The molecule has 0 saturated heterocycles. The van der Waals surface area contributed by atoms with Crippen molar-refractivity contribution in [3.63, 3.8) is 0 Å².